The molecule has 1 amide bonds. The quantitative estimate of drug-likeness (QED) is 0.783. The molecule has 7 heteroatoms. The molecule has 0 radical (unpaired) electrons. The molecule has 0 aliphatic heterocycles. The van der Waals surface area contributed by atoms with Crippen LogP contribution in [0.15, 0.2) is 18.7 Å². The maximum Gasteiger partial charge on any atom is 0.471 e. The van der Waals surface area contributed by atoms with Crippen LogP contribution in [0, 0.1) is 0 Å². The van der Waals surface area contributed by atoms with Crippen LogP contribution in [-0.2, 0) is 11.3 Å². The largest absolute Gasteiger partial charge is 0.471 e. The molecule has 0 aliphatic rings. The van der Waals surface area contributed by atoms with Crippen LogP contribution in [0.5, 0.6) is 0 Å². The third-order valence-electron chi connectivity index (χ3n) is 1.95. The van der Waals surface area contributed by atoms with E-state index < -0.39 is 12.1 Å². The molecule has 16 heavy (non-hydrogen) atoms. The number of imidazole rings is 1. The first-order valence-corrected chi connectivity index (χ1v) is 4.81. The number of aromatic nitrogens is 2. The lowest BCUT2D eigenvalue weighted by molar-refractivity contribution is -0.173. The van der Waals surface area contributed by atoms with Crippen molar-refractivity contribution in [2.24, 2.45) is 0 Å². The maximum absolute atomic E-state index is 11.8. The van der Waals surface area contributed by atoms with E-state index in [4.69, 9.17) is 0 Å². The lowest BCUT2D eigenvalue weighted by Crippen LogP contribution is -2.37. The Hall–Kier alpha value is -1.53. The number of amides is 1. The summed E-state index contributed by atoms with van der Waals surface area (Å²) in [5.41, 5.74) is 0. The van der Waals surface area contributed by atoms with Crippen molar-refractivity contribution in [2.75, 3.05) is 6.54 Å². The number of hydrogen-bond acceptors (Lipinski definition) is 2. The van der Waals surface area contributed by atoms with E-state index in [2.05, 4.69) is 4.98 Å². The Labute approximate surface area is 90.5 Å². The van der Waals surface area contributed by atoms with E-state index in [1.165, 1.54) is 0 Å². The summed E-state index contributed by atoms with van der Waals surface area (Å²) in [6.07, 6.45) is 1.44. The standard InChI is InChI=1S/C9H12F3N3O/c10-9(11,12)8(16)14-3-1-2-5-15-6-4-13-7-15/h4,6-7H,1-3,5H2,(H,14,16). The molecule has 1 rings (SSSR count). The van der Waals surface area contributed by atoms with Gasteiger partial charge in [-0.15, -0.1) is 0 Å². The second-order valence-corrected chi connectivity index (χ2v) is 3.26. The number of halogens is 3. The van der Waals surface area contributed by atoms with Crippen LogP contribution in [0.1, 0.15) is 12.8 Å². The zero-order chi connectivity index (χ0) is 12.0. The minimum Gasteiger partial charge on any atom is -0.348 e. The number of alkyl halides is 3. The predicted molar refractivity (Wildman–Crippen MR) is 50.5 cm³/mol. The average Bonchev–Trinajstić information content (AvgIpc) is 2.68. The molecule has 0 spiro atoms. The van der Waals surface area contributed by atoms with Crippen molar-refractivity contribution in [3.05, 3.63) is 18.7 Å². The van der Waals surface area contributed by atoms with Crippen LogP contribution in [0.3, 0.4) is 0 Å². The molecule has 0 aliphatic carbocycles. The Morgan fingerprint density at radius 1 is 1.38 bits per heavy atom. The van der Waals surface area contributed by atoms with Crippen LogP contribution in [0.25, 0.3) is 0 Å². The molecule has 1 aromatic heterocycles. The van der Waals surface area contributed by atoms with E-state index in [0.717, 1.165) is 0 Å². The SMILES string of the molecule is O=C(NCCCCn1ccnc1)C(F)(F)F. The molecule has 0 bridgehead atoms. The monoisotopic (exact) mass is 235 g/mol. The van der Waals surface area contributed by atoms with Gasteiger partial charge in [-0.05, 0) is 12.8 Å². The zero-order valence-corrected chi connectivity index (χ0v) is 8.50. The second-order valence-electron chi connectivity index (χ2n) is 3.26. The molecule has 0 fully saturated rings. The molecule has 0 aromatic carbocycles. The van der Waals surface area contributed by atoms with Gasteiger partial charge in [-0.25, -0.2) is 4.98 Å². The first kappa shape index (κ1) is 12.5. The molecule has 4 nitrogen and oxygen atoms in total. The van der Waals surface area contributed by atoms with Gasteiger partial charge >= 0.3 is 12.1 Å². The van der Waals surface area contributed by atoms with E-state index in [-0.39, 0.29) is 6.54 Å². The third-order valence-corrected chi connectivity index (χ3v) is 1.95. The minimum absolute atomic E-state index is 0.0348. The summed E-state index contributed by atoms with van der Waals surface area (Å²) >= 11 is 0. The highest BCUT2D eigenvalue weighted by Crippen LogP contribution is 2.13. The molecular formula is C9H12F3N3O. The van der Waals surface area contributed by atoms with Crippen molar-refractivity contribution in [1.82, 2.24) is 14.9 Å². The lowest BCUT2D eigenvalue weighted by Gasteiger charge is -2.07. The number of nitrogens with one attached hydrogen (secondary N) is 1. The summed E-state index contributed by atoms with van der Waals surface area (Å²) in [6, 6.07) is 0. The number of hydrogen-bond donors (Lipinski definition) is 1. The Kier molecular flexibility index (Phi) is 4.33. The molecule has 1 N–H and O–H groups in total. The van der Waals surface area contributed by atoms with Crippen LogP contribution in [0.4, 0.5) is 13.2 Å². The van der Waals surface area contributed by atoms with E-state index in [9.17, 15) is 18.0 Å². The van der Waals surface area contributed by atoms with E-state index in [0.29, 0.717) is 19.4 Å². The van der Waals surface area contributed by atoms with E-state index in [1.54, 1.807) is 18.7 Å². The van der Waals surface area contributed by atoms with Gasteiger partial charge in [0, 0.05) is 25.5 Å². The highest BCUT2D eigenvalue weighted by molar-refractivity contribution is 5.81. The fourth-order valence-corrected chi connectivity index (χ4v) is 1.14. The van der Waals surface area contributed by atoms with Crippen molar-refractivity contribution in [1.29, 1.82) is 0 Å². The first-order valence-electron chi connectivity index (χ1n) is 4.81. The van der Waals surface area contributed by atoms with Gasteiger partial charge in [-0.2, -0.15) is 13.2 Å². The zero-order valence-electron chi connectivity index (χ0n) is 8.50. The summed E-state index contributed by atoms with van der Waals surface area (Å²) in [6.45, 7) is 0.717. The second kappa shape index (κ2) is 5.53. The number of carbonyl (C=O) groups is 1. The summed E-state index contributed by atoms with van der Waals surface area (Å²) in [4.78, 5) is 14.2. The molecule has 1 heterocycles. The van der Waals surface area contributed by atoms with Crippen LogP contribution >= 0.6 is 0 Å². The summed E-state index contributed by atoms with van der Waals surface area (Å²) in [5, 5.41) is 1.81. The van der Waals surface area contributed by atoms with Gasteiger partial charge in [-0.1, -0.05) is 0 Å². The van der Waals surface area contributed by atoms with E-state index in [1.807, 2.05) is 9.88 Å². The molecule has 0 atom stereocenters. The van der Waals surface area contributed by atoms with Crippen LogP contribution < -0.4 is 5.32 Å². The Bertz CT molecular complexity index is 321. The fraction of sp³-hybridized carbons (Fsp3) is 0.556. The van der Waals surface area contributed by atoms with Crippen LogP contribution in [0.2, 0.25) is 0 Å². The first-order chi connectivity index (χ1) is 7.50. The van der Waals surface area contributed by atoms with Gasteiger partial charge in [0.05, 0.1) is 6.33 Å². The highest BCUT2D eigenvalue weighted by Gasteiger charge is 2.38. The van der Waals surface area contributed by atoms with Gasteiger partial charge in [-0.3, -0.25) is 4.79 Å². The molecular weight excluding hydrogens is 223 g/mol. The topological polar surface area (TPSA) is 46.9 Å². The Morgan fingerprint density at radius 3 is 2.69 bits per heavy atom. The van der Waals surface area contributed by atoms with Gasteiger partial charge in [0.2, 0.25) is 0 Å². The third kappa shape index (κ3) is 4.33. The van der Waals surface area contributed by atoms with Crippen molar-refractivity contribution in [2.45, 2.75) is 25.6 Å². The molecule has 0 saturated heterocycles. The highest BCUT2D eigenvalue weighted by atomic mass is 19.4. The Balaban J connectivity index is 2.06. The van der Waals surface area contributed by atoms with Gasteiger partial charge in [0.1, 0.15) is 0 Å². The normalized spacial score (nSPS) is 11.4. The smallest absolute Gasteiger partial charge is 0.348 e. The van der Waals surface area contributed by atoms with Crippen molar-refractivity contribution in [3.8, 4) is 0 Å². The number of rotatable bonds is 5. The minimum atomic E-state index is -4.79. The fourth-order valence-electron chi connectivity index (χ4n) is 1.14. The van der Waals surface area contributed by atoms with Gasteiger partial charge < -0.3 is 9.88 Å². The number of nitrogens with zero attached hydrogens (tertiary/aromatic N) is 2. The van der Waals surface area contributed by atoms with E-state index >= 15 is 0 Å². The van der Waals surface area contributed by atoms with Crippen LogP contribution in [-0.4, -0.2) is 28.2 Å². The van der Waals surface area contributed by atoms with Crippen molar-refractivity contribution >= 4 is 5.91 Å². The van der Waals surface area contributed by atoms with Gasteiger partial charge in [0.15, 0.2) is 0 Å². The van der Waals surface area contributed by atoms with Crippen molar-refractivity contribution < 1.29 is 18.0 Å². The molecule has 0 saturated carbocycles. The maximum atomic E-state index is 11.8. The number of carbonyl (C=O) groups excluding carboxylic acids is 1. The summed E-state index contributed by atoms with van der Waals surface area (Å²) < 4.78 is 37.1. The average molecular weight is 235 g/mol. The number of unbranched alkanes of at least 4 members (excludes halogenated alkanes) is 1. The van der Waals surface area contributed by atoms with Gasteiger partial charge in [0.25, 0.3) is 0 Å². The number of aryl methyl sites for hydroxylation is 1. The predicted octanol–water partition coefficient (Wildman–Crippen LogP) is 1.34. The van der Waals surface area contributed by atoms with Crippen molar-refractivity contribution in [3.63, 3.8) is 0 Å². The molecule has 1 aromatic rings. The summed E-state index contributed by atoms with van der Waals surface area (Å²) in [5.74, 6) is -1.88. The molecule has 0 unspecified atom stereocenters. The Morgan fingerprint density at radius 2 is 2.12 bits per heavy atom. The molecule has 90 valence electrons. The summed E-state index contributed by atoms with van der Waals surface area (Å²) in [7, 11) is 0. The lowest BCUT2D eigenvalue weighted by atomic mass is 10.3.